The van der Waals surface area contributed by atoms with Crippen LogP contribution in [0, 0.1) is 0 Å². The molecule has 6 heteroatoms. The molecule has 1 atom stereocenters. The summed E-state index contributed by atoms with van der Waals surface area (Å²) >= 11 is 0. The average Bonchev–Trinajstić information content (AvgIpc) is 2.89. The molecule has 1 aliphatic rings. The van der Waals surface area contributed by atoms with Gasteiger partial charge in [-0.2, -0.15) is 0 Å². The number of hydrogen-bond acceptors (Lipinski definition) is 6. The molecular formula is C11H19N5O. The highest BCUT2D eigenvalue weighted by Crippen LogP contribution is 2.14. The SMILES string of the molecule is CCc1nc(NN)cc(NCC2CCCO2)n1. The molecule has 94 valence electrons. The Kier molecular flexibility index (Phi) is 4.11. The lowest BCUT2D eigenvalue weighted by Gasteiger charge is -2.12. The summed E-state index contributed by atoms with van der Waals surface area (Å²) in [6, 6.07) is 1.80. The molecule has 17 heavy (non-hydrogen) atoms. The minimum atomic E-state index is 0.296. The molecule has 1 aromatic heterocycles. The third-order valence-corrected chi connectivity index (χ3v) is 2.77. The van der Waals surface area contributed by atoms with E-state index >= 15 is 0 Å². The maximum Gasteiger partial charge on any atom is 0.145 e. The van der Waals surface area contributed by atoms with Crippen molar-refractivity contribution >= 4 is 11.6 Å². The van der Waals surface area contributed by atoms with Crippen molar-refractivity contribution in [3.63, 3.8) is 0 Å². The van der Waals surface area contributed by atoms with E-state index in [0.29, 0.717) is 11.9 Å². The number of nitrogens with one attached hydrogen (secondary N) is 2. The van der Waals surface area contributed by atoms with Crippen LogP contribution in [0.4, 0.5) is 11.6 Å². The fourth-order valence-electron chi connectivity index (χ4n) is 1.84. The average molecular weight is 237 g/mol. The van der Waals surface area contributed by atoms with Crippen LogP contribution in [0.2, 0.25) is 0 Å². The van der Waals surface area contributed by atoms with Gasteiger partial charge in [-0.15, -0.1) is 0 Å². The summed E-state index contributed by atoms with van der Waals surface area (Å²) in [7, 11) is 0. The maximum absolute atomic E-state index is 5.54. The molecule has 0 spiro atoms. The van der Waals surface area contributed by atoms with Crippen LogP contribution >= 0.6 is 0 Å². The Hall–Kier alpha value is -1.40. The number of nitrogens with two attached hydrogens (primary N) is 1. The van der Waals surface area contributed by atoms with Crippen LogP contribution in [0.25, 0.3) is 0 Å². The van der Waals surface area contributed by atoms with Gasteiger partial charge in [-0.25, -0.2) is 15.8 Å². The Morgan fingerprint density at radius 3 is 2.94 bits per heavy atom. The van der Waals surface area contributed by atoms with Gasteiger partial charge in [0.25, 0.3) is 0 Å². The molecule has 2 rings (SSSR count). The van der Waals surface area contributed by atoms with Gasteiger partial charge in [0.2, 0.25) is 0 Å². The maximum atomic E-state index is 5.54. The zero-order valence-electron chi connectivity index (χ0n) is 10.1. The molecule has 1 fully saturated rings. The lowest BCUT2D eigenvalue weighted by atomic mass is 10.2. The molecule has 0 radical (unpaired) electrons. The van der Waals surface area contributed by atoms with Crippen molar-refractivity contribution < 1.29 is 4.74 Å². The van der Waals surface area contributed by atoms with Gasteiger partial charge in [0.1, 0.15) is 17.5 Å². The standard InChI is InChI=1S/C11H19N5O/c1-2-9-14-10(6-11(15-9)16-12)13-7-8-4-3-5-17-8/h6,8H,2-5,7,12H2,1H3,(H2,13,14,15,16). The normalized spacial score (nSPS) is 19.3. The zero-order valence-corrected chi connectivity index (χ0v) is 10.1. The minimum Gasteiger partial charge on any atom is -0.376 e. The van der Waals surface area contributed by atoms with E-state index in [1.165, 1.54) is 0 Å². The summed E-state index contributed by atoms with van der Waals surface area (Å²) in [6.45, 7) is 3.66. The van der Waals surface area contributed by atoms with Crippen molar-refractivity contribution in [2.45, 2.75) is 32.3 Å². The first kappa shape index (κ1) is 12.1. The van der Waals surface area contributed by atoms with Gasteiger partial charge in [0.05, 0.1) is 6.10 Å². The predicted molar refractivity (Wildman–Crippen MR) is 66.7 cm³/mol. The highest BCUT2D eigenvalue weighted by Gasteiger charge is 2.15. The van der Waals surface area contributed by atoms with Gasteiger partial charge >= 0.3 is 0 Å². The fraction of sp³-hybridized carbons (Fsp3) is 0.636. The molecule has 1 unspecified atom stereocenters. The third kappa shape index (κ3) is 3.28. The largest absolute Gasteiger partial charge is 0.376 e. The molecular weight excluding hydrogens is 218 g/mol. The Balaban J connectivity index is 1.98. The second-order valence-corrected chi connectivity index (χ2v) is 4.07. The van der Waals surface area contributed by atoms with Crippen LogP contribution < -0.4 is 16.6 Å². The highest BCUT2D eigenvalue weighted by atomic mass is 16.5. The second kappa shape index (κ2) is 5.79. The van der Waals surface area contributed by atoms with E-state index in [4.69, 9.17) is 10.6 Å². The molecule has 0 amide bonds. The molecule has 0 aromatic carbocycles. The van der Waals surface area contributed by atoms with E-state index in [1.54, 1.807) is 6.07 Å². The Bertz CT molecular complexity index is 343. The minimum absolute atomic E-state index is 0.296. The predicted octanol–water partition coefficient (Wildman–Crippen LogP) is 0.915. The van der Waals surface area contributed by atoms with E-state index in [1.807, 2.05) is 6.92 Å². The number of hydrazine groups is 1. The molecule has 0 aliphatic carbocycles. The summed E-state index contributed by atoms with van der Waals surface area (Å²) in [5.41, 5.74) is 2.55. The Morgan fingerprint density at radius 2 is 2.29 bits per heavy atom. The first-order chi connectivity index (χ1) is 8.31. The number of anilines is 2. The van der Waals surface area contributed by atoms with Gasteiger partial charge in [0, 0.05) is 25.6 Å². The molecule has 1 saturated heterocycles. The summed E-state index contributed by atoms with van der Waals surface area (Å²) in [4.78, 5) is 8.62. The fourth-order valence-corrected chi connectivity index (χ4v) is 1.84. The first-order valence-electron chi connectivity index (χ1n) is 6.02. The zero-order chi connectivity index (χ0) is 12.1. The Labute approximate surface area is 101 Å². The summed E-state index contributed by atoms with van der Waals surface area (Å²) in [5, 5.41) is 3.26. The van der Waals surface area contributed by atoms with Crippen molar-refractivity contribution in [3.05, 3.63) is 11.9 Å². The summed E-state index contributed by atoms with van der Waals surface area (Å²) in [6.07, 6.45) is 3.33. The third-order valence-electron chi connectivity index (χ3n) is 2.77. The smallest absolute Gasteiger partial charge is 0.145 e. The Morgan fingerprint density at radius 1 is 1.47 bits per heavy atom. The number of hydrogen-bond donors (Lipinski definition) is 3. The lowest BCUT2D eigenvalue weighted by Crippen LogP contribution is -2.20. The van der Waals surface area contributed by atoms with E-state index in [9.17, 15) is 0 Å². The van der Waals surface area contributed by atoms with Gasteiger partial charge in [0.15, 0.2) is 0 Å². The van der Waals surface area contributed by atoms with Crippen molar-refractivity contribution in [2.75, 3.05) is 23.9 Å². The van der Waals surface area contributed by atoms with Crippen LogP contribution in [0.1, 0.15) is 25.6 Å². The van der Waals surface area contributed by atoms with Gasteiger partial charge in [-0.1, -0.05) is 6.92 Å². The number of nitrogen functional groups attached to an aromatic ring is 1. The van der Waals surface area contributed by atoms with E-state index in [-0.39, 0.29) is 0 Å². The topological polar surface area (TPSA) is 85.1 Å². The molecule has 0 saturated carbocycles. The molecule has 2 heterocycles. The monoisotopic (exact) mass is 237 g/mol. The number of aromatic nitrogens is 2. The van der Waals surface area contributed by atoms with Crippen molar-refractivity contribution in [1.29, 1.82) is 0 Å². The van der Waals surface area contributed by atoms with E-state index < -0.39 is 0 Å². The molecule has 6 nitrogen and oxygen atoms in total. The number of nitrogens with zero attached hydrogens (tertiary/aromatic N) is 2. The highest BCUT2D eigenvalue weighted by molar-refractivity contribution is 5.46. The van der Waals surface area contributed by atoms with Crippen LogP contribution in [0.5, 0.6) is 0 Å². The van der Waals surface area contributed by atoms with Crippen molar-refractivity contribution in [2.24, 2.45) is 5.84 Å². The van der Waals surface area contributed by atoms with Crippen LogP contribution in [0.3, 0.4) is 0 Å². The molecule has 1 aromatic rings. The number of ether oxygens (including phenoxy) is 1. The van der Waals surface area contributed by atoms with Crippen LogP contribution in [-0.4, -0.2) is 29.2 Å². The molecule has 0 bridgehead atoms. The van der Waals surface area contributed by atoms with Gasteiger partial charge in [-0.3, -0.25) is 0 Å². The quantitative estimate of drug-likeness (QED) is 0.521. The molecule has 4 N–H and O–H groups in total. The van der Waals surface area contributed by atoms with E-state index in [2.05, 4.69) is 20.7 Å². The first-order valence-corrected chi connectivity index (χ1v) is 6.02. The molecule has 1 aliphatic heterocycles. The van der Waals surface area contributed by atoms with Crippen LogP contribution in [-0.2, 0) is 11.2 Å². The lowest BCUT2D eigenvalue weighted by molar-refractivity contribution is 0.120. The summed E-state index contributed by atoms with van der Waals surface area (Å²) < 4.78 is 5.54. The summed E-state index contributed by atoms with van der Waals surface area (Å²) in [5.74, 6) is 7.56. The number of rotatable bonds is 5. The second-order valence-electron chi connectivity index (χ2n) is 4.07. The van der Waals surface area contributed by atoms with Crippen molar-refractivity contribution in [3.8, 4) is 0 Å². The van der Waals surface area contributed by atoms with Gasteiger partial charge in [-0.05, 0) is 12.8 Å². The number of aryl methyl sites for hydroxylation is 1. The van der Waals surface area contributed by atoms with E-state index in [0.717, 1.165) is 44.1 Å². The van der Waals surface area contributed by atoms with Gasteiger partial charge < -0.3 is 15.5 Å². The van der Waals surface area contributed by atoms with Crippen molar-refractivity contribution in [1.82, 2.24) is 9.97 Å². The van der Waals surface area contributed by atoms with Crippen LogP contribution in [0.15, 0.2) is 6.07 Å².